The van der Waals surface area contributed by atoms with E-state index in [1.807, 2.05) is 0 Å². The van der Waals surface area contributed by atoms with E-state index in [0.717, 1.165) is 32.4 Å². The molecule has 1 aromatic carbocycles. The number of benzene rings is 1. The summed E-state index contributed by atoms with van der Waals surface area (Å²) in [6.45, 7) is 4.09. The van der Waals surface area contributed by atoms with E-state index in [2.05, 4.69) is 36.1 Å². The van der Waals surface area contributed by atoms with Crippen LogP contribution in [0.5, 0.6) is 0 Å². The summed E-state index contributed by atoms with van der Waals surface area (Å²) < 4.78 is 0. The molecule has 104 valence electrons. The first-order valence-corrected chi connectivity index (χ1v) is 7.23. The zero-order chi connectivity index (χ0) is 13.7. The topological polar surface area (TPSA) is 40.5 Å². The van der Waals surface area contributed by atoms with Gasteiger partial charge in [-0.1, -0.05) is 37.6 Å². The number of hydrogen-bond acceptors (Lipinski definition) is 2. The van der Waals surface area contributed by atoms with Crippen LogP contribution in [-0.2, 0) is 17.8 Å². The molecule has 0 aromatic heterocycles. The number of rotatable bonds is 5. The van der Waals surface area contributed by atoms with Gasteiger partial charge in [-0.05, 0) is 36.9 Å². The van der Waals surface area contributed by atoms with E-state index < -0.39 is 5.97 Å². The Morgan fingerprint density at radius 3 is 2.74 bits per heavy atom. The molecule has 0 saturated carbocycles. The molecule has 1 saturated heterocycles. The van der Waals surface area contributed by atoms with Gasteiger partial charge in [-0.15, -0.1) is 0 Å². The molecule has 0 radical (unpaired) electrons. The standard InChI is InChI=1S/C16H23NO2/c1-2-13-7-3-4-8-14(13)12-17-10-6-5-9-15(17)11-16(18)19/h3-4,7-8,15H,2,5-6,9-12H2,1H3,(H,18,19). The first kappa shape index (κ1) is 14.1. The fraction of sp³-hybridized carbons (Fsp3) is 0.562. The van der Waals surface area contributed by atoms with Gasteiger partial charge in [0.25, 0.3) is 0 Å². The maximum Gasteiger partial charge on any atom is 0.304 e. The Balaban J connectivity index is 2.08. The van der Waals surface area contributed by atoms with Gasteiger partial charge in [0.1, 0.15) is 0 Å². The van der Waals surface area contributed by atoms with Crippen molar-refractivity contribution in [3.8, 4) is 0 Å². The van der Waals surface area contributed by atoms with E-state index in [4.69, 9.17) is 5.11 Å². The first-order chi connectivity index (χ1) is 9.20. The summed E-state index contributed by atoms with van der Waals surface area (Å²) in [6, 6.07) is 8.70. The highest BCUT2D eigenvalue weighted by molar-refractivity contribution is 5.67. The SMILES string of the molecule is CCc1ccccc1CN1CCCCC1CC(=O)O. The lowest BCUT2D eigenvalue weighted by Crippen LogP contribution is -2.40. The molecule has 1 aliphatic heterocycles. The molecule has 0 aliphatic carbocycles. The lowest BCUT2D eigenvalue weighted by molar-refractivity contribution is -0.138. The quantitative estimate of drug-likeness (QED) is 0.885. The average molecular weight is 261 g/mol. The molecule has 1 atom stereocenters. The number of carboxylic acids is 1. The molecule has 0 spiro atoms. The minimum absolute atomic E-state index is 0.205. The molecule has 0 amide bonds. The summed E-state index contributed by atoms with van der Waals surface area (Å²) >= 11 is 0. The van der Waals surface area contributed by atoms with Crippen LogP contribution in [0.4, 0.5) is 0 Å². The van der Waals surface area contributed by atoms with Crippen molar-refractivity contribution in [2.24, 2.45) is 0 Å². The van der Waals surface area contributed by atoms with E-state index in [-0.39, 0.29) is 12.5 Å². The molecule has 1 aliphatic rings. The molecule has 3 nitrogen and oxygen atoms in total. The normalized spacial score (nSPS) is 20.4. The van der Waals surface area contributed by atoms with Crippen LogP contribution in [0.25, 0.3) is 0 Å². The maximum absolute atomic E-state index is 11.0. The monoisotopic (exact) mass is 261 g/mol. The van der Waals surface area contributed by atoms with Gasteiger partial charge in [-0.3, -0.25) is 9.69 Å². The number of hydrogen-bond donors (Lipinski definition) is 1. The Morgan fingerprint density at radius 1 is 1.32 bits per heavy atom. The van der Waals surface area contributed by atoms with Crippen molar-refractivity contribution in [1.29, 1.82) is 0 Å². The Morgan fingerprint density at radius 2 is 2.05 bits per heavy atom. The van der Waals surface area contributed by atoms with Crippen LogP contribution in [0.1, 0.15) is 43.7 Å². The molecule has 0 bridgehead atoms. The molecular weight excluding hydrogens is 238 g/mol. The van der Waals surface area contributed by atoms with Crippen LogP contribution in [0.3, 0.4) is 0 Å². The van der Waals surface area contributed by atoms with Gasteiger partial charge in [0.15, 0.2) is 0 Å². The van der Waals surface area contributed by atoms with E-state index in [9.17, 15) is 4.79 Å². The number of likely N-dealkylation sites (tertiary alicyclic amines) is 1. The van der Waals surface area contributed by atoms with Crippen molar-refractivity contribution in [2.75, 3.05) is 6.54 Å². The van der Waals surface area contributed by atoms with Crippen molar-refractivity contribution in [1.82, 2.24) is 4.90 Å². The smallest absolute Gasteiger partial charge is 0.304 e. The number of carboxylic acid groups (broad SMARTS) is 1. The Bertz CT molecular complexity index is 431. The van der Waals surface area contributed by atoms with Crippen LogP contribution in [0.2, 0.25) is 0 Å². The third-order valence-electron chi connectivity index (χ3n) is 4.03. The second-order valence-corrected chi connectivity index (χ2v) is 5.34. The van der Waals surface area contributed by atoms with Crippen LogP contribution < -0.4 is 0 Å². The number of carbonyl (C=O) groups is 1. The summed E-state index contributed by atoms with van der Waals surface area (Å²) in [4.78, 5) is 13.3. The van der Waals surface area contributed by atoms with Crippen molar-refractivity contribution < 1.29 is 9.90 Å². The van der Waals surface area contributed by atoms with Crippen molar-refractivity contribution in [2.45, 2.75) is 51.6 Å². The second-order valence-electron chi connectivity index (χ2n) is 5.34. The number of nitrogens with zero attached hydrogens (tertiary/aromatic N) is 1. The lowest BCUT2D eigenvalue weighted by Gasteiger charge is -2.35. The predicted molar refractivity (Wildman–Crippen MR) is 76.1 cm³/mol. The molecule has 3 heteroatoms. The summed E-state index contributed by atoms with van der Waals surface area (Å²) in [5.41, 5.74) is 2.73. The maximum atomic E-state index is 11.0. The molecular formula is C16H23NO2. The van der Waals surface area contributed by atoms with E-state index in [1.54, 1.807) is 0 Å². The second kappa shape index (κ2) is 6.71. The highest BCUT2D eigenvalue weighted by Crippen LogP contribution is 2.23. The summed E-state index contributed by atoms with van der Waals surface area (Å²) in [5, 5.41) is 9.02. The van der Waals surface area contributed by atoms with Gasteiger partial charge in [-0.2, -0.15) is 0 Å². The fourth-order valence-electron chi connectivity index (χ4n) is 2.98. The Labute approximate surface area is 115 Å². The van der Waals surface area contributed by atoms with Crippen LogP contribution in [0.15, 0.2) is 24.3 Å². The van der Waals surface area contributed by atoms with Gasteiger partial charge >= 0.3 is 5.97 Å². The largest absolute Gasteiger partial charge is 0.481 e. The van der Waals surface area contributed by atoms with E-state index >= 15 is 0 Å². The van der Waals surface area contributed by atoms with Crippen LogP contribution >= 0.6 is 0 Å². The third kappa shape index (κ3) is 3.80. The summed E-state index contributed by atoms with van der Waals surface area (Å²) in [5.74, 6) is -0.680. The molecule has 1 N–H and O–H groups in total. The van der Waals surface area contributed by atoms with Gasteiger partial charge < -0.3 is 5.11 Å². The minimum Gasteiger partial charge on any atom is -0.481 e. The summed E-state index contributed by atoms with van der Waals surface area (Å²) in [7, 11) is 0. The van der Waals surface area contributed by atoms with Gasteiger partial charge in [0.2, 0.25) is 0 Å². The molecule has 1 unspecified atom stereocenters. The highest BCUT2D eigenvalue weighted by Gasteiger charge is 2.24. The Kier molecular flexibility index (Phi) is 4.97. The first-order valence-electron chi connectivity index (χ1n) is 7.23. The Hall–Kier alpha value is -1.35. The number of piperidine rings is 1. The molecule has 2 rings (SSSR count). The minimum atomic E-state index is -0.680. The molecule has 1 heterocycles. The van der Waals surface area contributed by atoms with Crippen molar-refractivity contribution in [3.05, 3.63) is 35.4 Å². The van der Waals surface area contributed by atoms with Crippen molar-refractivity contribution in [3.63, 3.8) is 0 Å². The van der Waals surface area contributed by atoms with Gasteiger partial charge in [0, 0.05) is 12.6 Å². The van der Waals surface area contributed by atoms with Gasteiger partial charge in [0.05, 0.1) is 6.42 Å². The lowest BCUT2D eigenvalue weighted by atomic mass is 9.97. The fourth-order valence-corrected chi connectivity index (χ4v) is 2.98. The predicted octanol–water partition coefficient (Wildman–Crippen LogP) is 3.08. The zero-order valence-corrected chi connectivity index (χ0v) is 11.6. The summed E-state index contributed by atoms with van der Waals surface area (Å²) in [6.07, 6.45) is 4.66. The van der Waals surface area contributed by atoms with E-state index in [1.165, 1.54) is 17.5 Å². The van der Waals surface area contributed by atoms with Crippen molar-refractivity contribution >= 4 is 5.97 Å². The van der Waals surface area contributed by atoms with Gasteiger partial charge in [-0.25, -0.2) is 0 Å². The highest BCUT2D eigenvalue weighted by atomic mass is 16.4. The molecule has 19 heavy (non-hydrogen) atoms. The van der Waals surface area contributed by atoms with E-state index in [0.29, 0.717) is 0 Å². The third-order valence-corrected chi connectivity index (χ3v) is 4.03. The number of aliphatic carboxylic acids is 1. The zero-order valence-electron chi connectivity index (χ0n) is 11.6. The average Bonchev–Trinajstić information content (AvgIpc) is 2.41. The molecule has 1 fully saturated rings. The molecule has 1 aromatic rings. The number of aryl methyl sites for hydroxylation is 1. The van der Waals surface area contributed by atoms with Crippen LogP contribution in [0, 0.1) is 0 Å². The van der Waals surface area contributed by atoms with Crippen LogP contribution in [-0.4, -0.2) is 28.6 Å².